The number of hydrogen-bond donors (Lipinski definition) is 0. The number of nitro groups is 1. The molecule has 0 aromatic heterocycles. The van der Waals surface area contributed by atoms with Gasteiger partial charge in [-0.2, -0.15) is 0 Å². The first kappa shape index (κ1) is 22.5. The predicted octanol–water partition coefficient (Wildman–Crippen LogP) is 3.86. The van der Waals surface area contributed by atoms with Crippen molar-refractivity contribution in [3.63, 3.8) is 0 Å². The highest BCUT2D eigenvalue weighted by molar-refractivity contribution is 6.35. The monoisotopic (exact) mass is 449 g/mol. The van der Waals surface area contributed by atoms with Gasteiger partial charge in [-0.15, -0.1) is 0 Å². The Labute approximate surface area is 192 Å². The van der Waals surface area contributed by atoms with Crippen molar-refractivity contribution < 1.29 is 19.2 Å². The second-order valence-electron chi connectivity index (χ2n) is 8.92. The van der Waals surface area contributed by atoms with Crippen LogP contribution in [-0.4, -0.2) is 46.7 Å². The SMILES string of the molecule is COc1ccc(CN2C(=O)C(c3ccc([N+](=O)[O-])cc3)=C(N3CC(C)CC(C)C3)C2=O)cc1. The number of benzene rings is 2. The molecule has 0 saturated carbocycles. The van der Waals surface area contributed by atoms with Crippen molar-refractivity contribution in [1.29, 1.82) is 0 Å². The second-order valence-corrected chi connectivity index (χ2v) is 8.92. The summed E-state index contributed by atoms with van der Waals surface area (Å²) in [4.78, 5) is 41.0. The number of carbonyl (C=O) groups excluding carboxylic acids is 2. The van der Waals surface area contributed by atoms with Crippen molar-refractivity contribution in [2.45, 2.75) is 26.8 Å². The lowest BCUT2D eigenvalue weighted by atomic mass is 9.91. The number of piperidine rings is 1. The summed E-state index contributed by atoms with van der Waals surface area (Å²) in [6, 6.07) is 13.1. The molecule has 2 aliphatic rings. The molecule has 4 rings (SSSR count). The molecule has 0 N–H and O–H groups in total. The van der Waals surface area contributed by atoms with Gasteiger partial charge in [0.15, 0.2) is 0 Å². The van der Waals surface area contributed by atoms with Gasteiger partial charge < -0.3 is 9.64 Å². The largest absolute Gasteiger partial charge is 0.497 e. The molecule has 33 heavy (non-hydrogen) atoms. The smallest absolute Gasteiger partial charge is 0.278 e. The van der Waals surface area contributed by atoms with E-state index in [4.69, 9.17) is 4.74 Å². The van der Waals surface area contributed by atoms with E-state index in [1.165, 1.54) is 17.0 Å². The van der Waals surface area contributed by atoms with E-state index < -0.39 is 4.92 Å². The lowest BCUT2D eigenvalue weighted by molar-refractivity contribution is -0.384. The maximum Gasteiger partial charge on any atom is 0.278 e. The summed E-state index contributed by atoms with van der Waals surface area (Å²) in [6.45, 7) is 5.80. The normalized spacial score (nSPS) is 21.1. The molecule has 2 unspecified atom stereocenters. The van der Waals surface area contributed by atoms with Crippen molar-refractivity contribution in [2.24, 2.45) is 11.8 Å². The number of ether oxygens (including phenoxy) is 1. The molecule has 0 aliphatic carbocycles. The van der Waals surface area contributed by atoms with E-state index in [2.05, 4.69) is 13.8 Å². The molecule has 172 valence electrons. The highest BCUT2D eigenvalue weighted by Gasteiger charge is 2.42. The Morgan fingerprint density at radius 3 is 2.12 bits per heavy atom. The Hall–Kier alpha value is -3.68. The van der Waals surface area contributed by atoms with Crippen LogP contribution in [0.4, 0.5) is 5.69 Å². The molecule has 2 atom stereocenters. The van der Waals surface area contributed by atoms with E-state index in [1.807, 2.05) is 17.0 Å². The van der Waals surface area contributed by atoms with Crippen LogP contribution < -0.4 is 4.74 Å². The van der Waals surface area contributed by atoms with Gasteiger partial charge in [0.25, 0.3) is 17.5 Å². The van der Waals surface area contributed by atoms with Crippen LogP contribution in [0.25, 0.3) is 5.57 Å². The van der Waals surface area contributed by atoms with Crippen LogP contribution >= 0.6 is 0 Å². The van der Waals surface area contributed by atoms with Crippen LogP contribution in [0.3, 0.4) is 0 Å². The number of rotatable bonds is 6. The summed E-state index contributed by atoms with van der Waals surface area (Å²) in [5, 5.41) is 11.1. The quantitative estimate of drug-likeness (QED) is 0.378. The minimum absolute atomic E-state index is 0.0621. The van der Waals surface area contributed by atoms with Gasteiger partial charge in [0, 0.05) is 25.2 Å². The average Bonchev–Trinajstić information content (AvgIpc) is 3.03. The molecule has 2 amide bonds. The highest BCUT2D eigenvalue weighted by atomic mass is 16.6. The first-order chi connectivity index (χ1) is 15.8. The molecule has 1 saturated heterocycles. The second kappa shape index (κ2) is 9.05. The first-order valence-electron chi connectivity index (χ1n) is 11.0. The van der Waals surface area contributed by atoms with E-state index in [9.17, 15) is 19.7 Å². The Bertz CT molecular complexity index is 1100. The number of non-ortho nitro benzene ring substituents is 1. The Balaban J connectivity index is 1.72. The van der Waals surface area contributed by atoms with Gasteiger partial charge in [-0.1, -0.05) is 26.0 Å². The molecule has 0 spiro atoms. The van der Waals surface area contributed by atoms with Gasteiger partial charge in [-0.25, -0.2) is 0 Å². The molecule has 1 fully saturated rings. The van der Waals surface area contributed by atoms with E-state index in [1.54, 1.807) is 31.4 Å². The van der Waals surface area contributed by atoms with Gasteiger partial charge in [-0.05, 0) is 53.6 Å². The highest BCUT2D eigenvalue weighted by Crippen LogP contribution is 2.36. The van der Waals surface area contributed by atoms with Gasteiger partial charge in [-0.3, -0.25) is 24.6 Å². The van der Waals surface area contributed by atoms with Crippen LogP contribution in [0, 0.1) is 22.0 Å². The number of methoxy groups -OCH3 is 1. The third-order valence-electron chi connectivity index (χ3n) is 6.20. The summed E-state index contributed by atoms with van der Waals surface area (Å²) in [5.74, 6) is 0.756. The number of carbonyl (C=O) groups is 2. The number of hydrogen-bond acceptors (Lipinski definition) is 6. The molecule has 2 aromatic carbocycles. The topological polar surface area (TPSA) is 93.0 Å². The average molecular weight is 450 g/mol. The van der Waals surface area contributed by atoms with Crippen molar-refractivity contribution in [3.05, 3.63) is 75.5 Å². The van der Waals surface area contributed by atoms with E-state index >= 15 is 0 Å². The maximum absolute atomic E-state index is 13.6. The molecule has 0 bridgehead atoms. The van der Waals surface area contributed by atoms with E-state index in [0.717, 1.165) is 12.0 Å². The number of imide groups is 1. The fourth-order valence-corrected chi connectivity index (χ4v) is 4.77. The number of nitro benzene ring substituents is 1. The van der Waals surface area contributed by atoms with Gasteiger partial charge >= 0.3 is 0 Å². The van der Waals surface area contributed by atoms with Crippen LogP contribution in [-0.2, 0) is 16.1 Å². The standard InChI is InChI=1S/C25H27N3O5/c1-16-12-17(2)14-26(13-16)23-22(19-6-8-20(9-7-19)28(31)32)24(29)27(25(23)30)15-18-4-10-21(33-3)11-5-18/h4-11,16-17H,12-15H2,1-3H3. The molecular weight excluding hydrogens is 422 g/mol. The molecule has 8 heteroatoms. The zero-order chi connectivity index (χ0) is 23.7. The predicted molar refractivity (Wildman–Crippen MR) is 123 cm³/mol. The third kappa shape index (κ3) is 4.46. The summed E-state index contributed by atoms with van der Waals surface area (Å²) >= 11 is 0. The van der Waals surface area contributed by atoms with Crippen LogP contribution in [0.2, 0.25) is 0 Å². The minimum Gasteiger partial charge on any atom is -0.497 e. The minimum atomic E-state index is -0.481. The molecule has 2 aliphatic heterocycles. The zero-order valence-electron chi connectivity index (χ0n) is 19.0. The van der Waals surface area contributed by atoms with Gasteiger partial charge in [0.2, 0.25) is 0 Å². The fourth-order valence-electron chi connectivity index (χ4n) is 4.77. The van der Waals surface area contributed by atoms with E-state index in [0.29, 0.717) is 47.5 Å². The third-order valence-corrected chi connectivity index (χ3v) is 6.20. The Morgan fingerprint density at radius 1 is 0.970 bits per heavy atom. The molecule has 2 aromatic rings. The number of likely N-dealkylation sites (tertiary alicyclic amines) is 1. The number of nitrogens with zero attached hydrogens (tertiary/aromatic N) is 3. The van der Waals surface area contributed by atoms with Crippen molar-refractivity contribution in [1.82, 2.24) is 9.80 Å². The zero-order valence-corrected chi connectivity index (χ0v) is 19.0. The first-order valence-corrected chi connectivity index (χ1v) is 11.0. The van der Waals surface area contributed by atoms with Gasteiger partial charge in [0.1, 0.15) is 11.4 Å². The lowest BCUT2D eigenvalue weighted by Gasteiger charge is -2.37. The van der Waals surface area contributed by atoms with Crippen molar-refractivity contribution >= 4 is 23.1 Å². The molecule has 8 nitrogen and oxygen atoms in total. The number of amides is 2. The summed E-state index contributed by atoms with van der Waals surface area (Å²) in [6.07, 6.45) is 1.06. The van der Waals surface area contributed by atoms with Gasteiger partial charge in [0.05, 0.1) is 24.2 Å². The van der Waals surface area contributed by atoms with Crippen molar-refractivity contribution in [2.75, 3.05) is 20.2 Å². The molecular formula is C25H27N3O5. The summed E-state index contributed by atoms with van der Waals surface area (Å²) in [5.41, 5.74) is 1.96. The summed E-state index contributed by atoms with van der Waals surface area (Å²) < 4.78 is 5.19. The van der Waals surface area contributed by atoms with Crippen molar-refractivity contribution in [3.8, 4) is 5.75 Å². The Kier molecular flexibility index (Phi) is 6.18. The van der Waals surface area contributed by atoms with E-state index in [-0.39, 0.29) is 24.0 Å². The molecule has 2 heterocycles. The summed E-state index contributed by atoms with van der Waals surface area (Å²) in [7, 11) is 1.58. The Morgan fingerprint density at radius 2 is 1.58 bits per heavy atom. The van der Waals surface area contributed by atoms with Crippen LogP contribution in [0.15, 0.2) is 54.2 Å². The van der Waals surface area contributed by atoms with Crippen LogP contribution in [0.5, 0.6) is 5.75 Å². The maximum atomic E-state index is 13.6. The van der Waals surface area contributed by atoms with Crippen LogP contribution in [0.1, 0.15) is 31.4 Å². The molecule has 0 radical (unpaired) electrons. The fraction of sp³-hybridized carbons (Fsp3) is 0.360. The lowest BCUT2D eigenvalue weighted by Crippen LogP contribution is -2.41.